The summed E-state index contributed by atoms with van der Waals surface area (Å²) in [7, 11) is 0. The maximum atomic E-state index is 8.76. The second-order valence-corrected chi connectivity index (χ2v) is 5.16. The quantitative estimate of drug-likeness (QED) is 0.681. The molecular weight excluding hydrogens is 293 g/mol. The van der Waals surface area contributed by atoms with E-state index < -0.39 is 0 Å². The molecule has 0 saturated carbocycles. The van der Waals surface area contributed by atoms with Crippen molar-refractivity contribution in [1.29, 1.82) is 5.26 Å². The average molecular weight is 299 g/mol. The molecule has 0 unspecified atom stereocenters. The van der Waals surface area contributed by atoms with Crippen molar-refractivity contribution in [3.8, 4) is 6.07 Å². The highest BCUT2D eigenvalue weighted by Gasteiger charge is 2.04. The van der Waals surface area contributed by atoms with Crippen molar-refractivity contribution in [2.75, 3.05) is 0 Å². The molecule has 0 N–H and O–H groups in total. The summed E-state index contributed by atoms with van der Waals surface area (Å²) in [6, 6.07) is 8.38. The van der Waals surface area contributed by atoms with Gasteiger partial charge in [-0.3, -0.25) is 0 Å². The van der Waals surface area contributed by atoms with Crippen LogP contribution in [0.4, 0.5) is 0 Å². The van der Waals surface area contributed by atoms with Crippen LogP contribution in [0.15, 0.2) is 18.2 Å². The lowest BCUT2D eigenvalue weighted by molar-refractivity contribution is 1.52. The lowest BCUT2D eigenvalue weighted by atomic mass is 10.2. The number of hydrogen-bond donors (Lipinski definition) is 0. The van der Waals surface area contributed by atoms with Crippen LogP contribution in [0.5, 0.6) is 0 Å². The fourth-order valence-corrected chi connectivity index (χ4v) is 3.05. The van der Waals surface area contributed by atoms with Crippen LogP contribution < -0.4 is 0 Å². The Morgan fingerprint density at radius 1 is 1.38 bits per heavy atom. The number of benzene rings is 1. The summed E-state index contributed by atoms with van der Waals surface area (Å²) >= 11 is 3.86. The summed E-state index contributed by atoms with van der Waals surface area (Å²) in [5.41, 5.74) is 1.26. The van der Waals surface area contributed by atoms with Crippen LogP contribution in [-0.4, -0.2) is 0 Å². The van der Waals surface area contributed by atoms with Gasteiger partial charge < -0.3 is 0 Å². The van der Waals surface area contributed by atoms with Crippen LogP contribution in [-0.2, 0) is 0 Å². The summed E-state index contributed by atoms with van der Waals surface area (Å²) in [5.74, 6) is 0. The van der Waals surface area contributed by atoms with Gasteiger partial charge in [-0.15, -0.1) is 11.3 Å². The highest BCUT2D eigenvalue weighted by molar-refractivity contribution is 14.1. The largest absolute Gasteiger partial charge is 0.192 e. The van der Waals surface area contributed by atoms with Gasteiger partial charge in [-0.05, 0) is 58.7 Å². The van der Waals surface area contributed by atoms with E-state index in [4.69, 9.17) is 5.26 Å². The van der Waals surface area contributed by atoms with Crippen LogP contribution in [0.3, 0.4) is 0 Å². The highest BCUT2D eigenvalue weighted by atomic mass is 127. The minimum absolute atomic E-state index is 0.792. The second kappa shape index (κ2) is 3.28. The van der Waals surface area contributed by atoms with Gasteiger partial charge in [0.25, 0.3) is 0 Å². The first kappa shape index (κ1) is 8.97. The molecule has 13 heavy (non-hydrogen) atoms. The molecular formula is C10H6INS. The summed E-state index contributed by atoms with van der Waals surface area (Å²) in [6.45, 7) is 2.09. The third-order valence-electron chi connectivity index (χ3n) is 1.88. The van der Waals surface area contributed by atoms with Crippen LogP contribution in [0.1, 0.15) is 10.4 Å². The Bertz CT molecular complexity index is 507. The molecule has 0 aliphatic heterocycles. The molecule has 1 heterocycles. The summed E-state index contributed by atoms with van der Waals surface area (Å²) < 4.78 is 2.46. The summed E-state index contributed by atoms with van der Waals surface area (Å²) in [4.78, 5) is 0.792. The number of nitriles is 1. The Kier molecular flexibility index (Phi) is 2.26. The fraction of sp³-hybridized carbons (Fsp3) is 0.100. The lowest BCUT2D eigenvalue weighted by Crippen LogP contribution is -1.74. The molecule has 0 radical (unpaired) electrons. The third kappa shape index (κ3) is 1.56. The van der Waals surface area contributed by atoms with Crippen LogP contribution in [0.25, 0.3) is 10.1 Å². The zero-order valence-corrected chi connectivity index (χ0v) is 9.94. The molecule has 0 saturated heterocycles. The second-order valence-electron chi connectivity index (χ2n) is 2.86. The first-order valence-electron chi connectivity index (χ1n) is 3.80. The average Bonchev–Trinajstić information content (AvgIpc) is 2.47. The Hall–Kier alpha value is -0.600. The minimum atomic E-state index is 0.792. The molecule has 1 aromatic carbocycles. The predicted molar refractivity (Wildman–Crippen MR) is 64.0 cm³/mol. The zero-order chi connectivity index (χ0) is 9.42. The van der Waals surface area contributed by atoms with Crippen molar-refractivity contribution in [2.24, 2.45) is 0 Å². The molecule has 0 amide bonds. The number of fused-ring (bicyclic) bond motifs is 1. The first-order valence-corrected chi connectivity index (χ1v) is 5.70. The van der Waals surface area contributed by atoms with Gasteiger partial charge in [0, 0.05) is 8.27 Å². The van der Waals surface area contributed by atoms with E-state index in [9.17, 15) is 0 Å². The molecule has 2 rings (SSSR count). The van der Waals surface area contributed by atoms with Gasteiger partial charge in [0.1, 0.15) is 10.9 Å². The Balaban J connectivity index is 2.84. The lowest BCUT2D eigenvalue weighted by Gasteiger charge is -1.95. The van der Waals surface area contributed by atoms with E-state index in [0.717, 1.165) is 4.88 Å². The maximum absolute atomic E-state index is 8.76. The number of nitrogens with zero attached hydrogens (tertiary/aromatic N) is 1. The minimum Gasteiger partial charge on any atom is -0.192 e. The van der Waals surface area contributed by atoms with E-state index in [1.165, 1.54) is 19.2 Å². The molecule has 0 spiro atoms. The molecule has 1 aromatic heterocycles. The fourth-order valence-electron chi connectivity index (χ4n) is 1.34. The van der Waals surface area contributed by atoms with Crippen LogP contribution in [0.2, 0.25) is 0 Å². The third-order valence-corrected chi connectivity index (χ3v) is 3.69. The van der Waals surface area contributed by atoms with Gasteiger partial charge in [0.15, 0.2) is 0 Å². The van der Waals surface area contributed by atoms with Crippen molar-refractivity contribution >= 4 is 44.0 Å². The van der Waals surface area contributed by atoms with Gasteiger partial charge >= 0.3 is 0 Å². The van der Waals surface area contributed by atoms with Crippen molar-refractivity contribution in [3.63, 3.8) is 0 Å². The Morgan fingerprint density at radius 3 is 2.85 bits per heavy atom. The molecule has 2 aromatic rings. The molecule has 0 aliphatic carbocycles. The van der Waals surface area contributed by atoms with Gasteiger partial charge in [-0.1, -0.05) is 0 Å². The normalized spacial score (nSPS) is 10.2. The topological polar surface area (TPSA) is 23.8 Å². The molecule has 3 heteroatoms. The Morgan fingerprint density at radius 2 is 2.15 bits per heavy atom. The summed E-state index contributed by atoms with van der Waals surface area (Å²) in [6.07, 6.45) is 0. The van der Waals surface area contributed by atoms with Gasteiger partial charge in [-0.2, -0.15) is 5.26 Å². The van der Waals surface area contributed by atoms with E-state index in [1.54, 1.807) is 11.3 Å². The van der Waals surface area contributed by atoms with Crippen molar-refractivity contribution in [1.82, 2.24) is 0 Å². The van der Waals surface area contributed by atoms with Gasteiger partial charge in [0.2, 0.25) is 0 Å². The van der Waals surface area contributed by atoms with E-state index in [1.807, 2.05) is 6.07 Å². The smallest absolute Gasteiger partial charge is 0.110 e. The molecule has 0 bridgehead atoms. The number of halogens is 1. The molecule has 0 atom stereocenters. The van der Waals surface area contributed by atoms with Crippen molar-refractivity contribution in [3.05, 3.63) is 32.2 Å². The van der Waals surface area contributed by atoms with Gasteiger partial charge in [-0.25, -0.2) is 0 Å². The molecule has 64 valence electrons. The van der Waals surface area contributed by atoms with Crippen molar-refractivity contribution in [2.45, 2.75) is 6.92 Å². The highest BCUT2D eigenvalue weighted by Crippen LogP contribution is 2.29. The van der Waals surface area contributed by atoms with Crippen LogP contribution >= 0.6 is 33.9 Å². The maximum Gasteiger partial charge on any atom is 0.110 e. The Labute approximate surface area is 94.1 Å². The number of thiophene rings is 1. The zero-order valence-electron chi connectivity index (χ0n) is 6.97. The van der Waals surface area contributed by atoms with E-state index >= 15 is 0 Å². The number of rotatable bonds is 0. The van der Waals surface area contributed by atoms with Crippen LogP contribution in [0, 0.1) is 21.8 Å². The standard InChI is InChI=1S/C10H6INS/c1-6-2-8(11)3-7-4-9(5-12)13-10(6)7/h2-4H,1H3. The van der Waals surface area contributed by atoms with Crippen molar-refractivity contribution < 1.29 is 0 Å². The van der Waals surface area contributed by atoms with Gasteiger partial charge in [0.05, 0.1) is 0 Å². The predicted octanol–water partition coefficient (Wildman–Crippen LogP) is 3.69. The molecule has 0 aliphatic rings. The number of hydrogen-bond acceptors (Lipinski definition) is 2. The summed E-state index contributed by atoms with van der Waals surface area (Å²) in [5, 5.41) is 9.94. The SMILES string of the molecule is Cc1cc(I)cc2cc(C#N)sc12. The first-order chi connectivity index (χ1) is 6.20. The van der Waals surface area contributed by atoms with E-state index in [-0.39, 0.29) is 0 Å². The van der Waals surface area contributed by atoms with E-state index in [0.29, 0.717) is 0 Å². The number of aryl methyl sites for hydroxylation is 1. The monoisotopic (exact) mass is 299 g/mol. The molecule has 1 nitrogen and oxygen atoms in total. The molecule has 0 fully saturated rings. The van der Waals surface area contributed by atoms with E-state index in [2.05, 4.69) is 47.7 Å².